The summed E-state index contributed by atoms with van der Waals surface area (Å²) in [6.07, 6.45) is 3.17. The minimum absolute atomic E-state index is 0.127. The van der Waals surface area contributed by atoms with Crippen LogP contribution in [0.3, 0.4) is 0 Å². The van der Waals surface area contributed by atoms with Crippen molar-refractivity contribution < 1.29 is 18.0 Å². The first-order chi connectivity index (χ1) is 18.8. The van der Waals surface area contributed by atoms with E-state index < -0.39 is 16.1 Å². The molecule has 1 N–H and O–H groups in total. The molecule has 1 aliphatic rings. The maximum absolute atomic E-state index is 13.4. The molecular formula is C31H37N3O4S. The van der Waals surface area contributed by atoms with Crippen LogP contribution in [0.5, 0.6) is 0 Å². The Hall–Kier alpha value is -3.49. The molecule has 1 heterocycles. The largest absolute Gasteiger partial charge is 0.354 e. The van der Waals surface area contributed by atoms with Crippen LogP contribution in [-0.4, -0.2) is 55.1 Å². The van der Waals surface area contributed by atoms with Crippen LogP contribution in [-0.2, 0) is 39.0 Å². The van der Waals surface area contributed by atoms with Gasteiger partial charge in [-0.25, -0.2) is 8.42 Å². The average Bonchev–Trinajstić information content (AvgIpc) is 3.52. The number of carbonyl (C=O) groups excluding carboxylic acids is 2. The van der Waals surface area contributed by atoms with Crippen molar-refractivity contribution >= 4 is 21.8 Å². The summed E-state index contributed by atoms with van der Waals surface area (Å²) in [4.78, 5) is 28.3. The smallest absolute Gasteiger partial charge is 0.243 e. The van der Waals surface area contributed by atoms with Crippen LogP contribution in [0.1, 0.15) is 42.9 Å². The third-order valence-corrected chi connectivity index (χ3v) is 9.09. The molecule has 4 rings (SSSR count). The second-order valence-corrected chi connectivity index (χ2v) is 11.9. The summed E-state index contributed by atoms with van der Waals surface area (Å²) < 4.78 is 27.1. The number of benzene rings is 3. The van der Waals surface area contributed by atoms with Crippen molar-refractivity contribution in [2.45, 2.75) is 56.5 Å². The molecule has 0 saturated carbocycles. The van der Waals surface area contributed by atoms with Gasteiger partial charge in [-0.05, 0) is 61.4 Å². The predicted molar refractivity (Wildman–Crippen MR) is 152 cm³/mol. The number of nitrogens with one attached hydrogen (secondary N) is 1. The molecule has 0 radical (unpaired) electrons. The molecule has 0 unspecified atom stereocenters. The molecule has 3 aromatic rings. The zero-order chi connectivity index (χ0) is 27.7. The summed E-state index contributed by atoms with van der Waals surface area (Å²) in [5, 5.41) is 2.98. The Morgan fingerprint density at radius 1 is 0.821 bits per heavy atom. The predicted octanol–water partition coefficient (Wildman–Crippen LogP) is 4.18. The van der Waals surface area contributed by atoms with Gasteiger partial charge in [-0.2, -0.15) is 4.31 Å². The van der Waals surface area contributed by atoms with Gasteiger partial charge in [-0.1, -0.05) is 72.8 Å². The van der Waals surface area contributed by atoms with Gasteiger partial charge in [0, 0.05) is 32.6 Å². The van der Waals surface area contributed by atoms with Crippen molar-refractivity contribution in [2.75, 3.05) is 19.6 Å². The van der Waals surface area contributed by atoms with Crippen molar-refractivity contribution in [1.29, 1.82) is 0 Å². The highest BCUT2D eigenvalue weighted by Gasteiger charge is 2.28. The third-order valence-electron chi connectivity index (χ3n) is 7.17. The van der Waals surface area contributed by atoms with Gasteiger partial charge in [0.25, 0.3) is 0 Å². The van der Waals surface area contributed by atoms with E-state index in [0.29, 0.717) is 32.6 Å². The van der Waals surface area contributed by atoms with E-state index in [4.69, 9.17) is 0 Å². The molecular weight excluding hydrogens is 510 g/mol. The van der Waals surface area contributed by atoms with Crippen LogP contribution in [0.25, 0.3) is 0 Å². The first-order valence-electron chi connectivity index (χ1n) is 13.6. The molecule has 7 nitrogen and oxygen atoms in total. The first kappa shape index (κ1) is 28.5. The molecule has 1 fully saturated rings. The maximum Gasteiger partial charge on any atom is 0.243 e. The summed E-state index contributed by atoms with van der Waals surface area (Å²) >= 11 is 0. The molecule has 0 aliphatic carbocycles. The highest BCUT2D eigenvalue weighted by molar-refractivity contribution is 7.89. The van der Waals surface area contributed by atoms with Crippen molar-refractivity contribution in [1.82, 2.24) is 14.5 Å². The molecule has 8 heteroatoms. The summed E-state index contributed by atoms with van der Waals surface area (Å²) in [5.41, 5.74) is 2.97. The second kappa shape index (κ2) is 13.5. The van der Waals surface area contributed by atoms with Crippen molar-refractivity contribution in [2.24, 2.45) is 0 Å². The number of carbonyl (C=O) groups is 2. The molecule has 1 saturated heterocycles. The zero-order valence-corrected chi connectivity index (χ0v) is 23.3. The molecule has 39 heavy (non-hydrogen) atoms. The molecule has 0 spiro atoms. The number of rotatable bonds is 12. The molecule has 1 aliphatic heterocycles. The molecule has 2 amide bonds. The lowest BCUT2D eigenvalue weighted by Crippen LogP contribution is -2.48. The van der Waals surface area contributed by atoms with E-state index in [9.17, 15) is 18.0 Å². The lowest BCUT2D eigenvalue weighted by atomic mass is 10.1. The van der Waals surface area contributed by atoms with Crippen molar-refractivity contribution in [3.63, 3.8) is 0 Å². The summed E-state index contributed by atoms with van der Waals surface area (Å²) in [7, 11) is -3.47. The fourth-order valence-corrected chi connectivity index (χ4v) is 6.30. The Labute approximate surface area is 231 Å². The number of hydrogen-bond acceptors (Lipinski definition) is 4. The third kappa shape index (κ3) is 7.77. The minimum Gasteiger partial charge on any atom is -0.354 e. The van der Waals surface area contributed by atoms with Gasteiger partial charge in [0.05, 0.1) is 4.90 Å². The second-order valence-electron chi connectivity index (χ2n) is 9.96. The highest BCUT2D eigenvalue weighted by Crippen LogP contribution is 2.22. The fourth-order valence-electron chi connectivity index (χ4n) is 4.79. The summed E-state index contributed by atoms with van der Waals surface area (Å²) in [5.74, 6) is -0.315. The van der Waals surface area contributed by atoms with Crippen LogP contribution in [0.2, 0.25) is 0 Å². The molecule has 0 aromatic heterocycles. The quantitative estimate of drug-likeness (QED) is 0.369. The van der Waals surface area contributed by atoms with Gasteiger partial charge in [0.2, 0.25) is 21.8 Å². The Bertz CT molecular complexity index is 1320. The van der Waals surface area contributed by atoms with Gasteiger partial charge in [-0.15, -0.1) is 0 Å². The zero-order valence-electron chi connectivity index (χ0n) is 22.5. The maximum atomic E-state index is 13.4. The van der Waals surface area contributed by atoms with E-state index in [-0.39, 0.29) is 23.1 Å². The number of sulfonamides is 1. The van der Waals surface area contributed by atoms with E-state index in [2.05, 4.69) is 5.32 Å². The van der Waals surface area contributed by atoms with Gasteiger partial charge >= 0.3 is 0 Å². The normalized spacial score (nSPS) is 14.6. The number of hydrogen-bond donors (Lipinski definition) is 1. The van der Waals surface area contributed by atoms with Crippen LogP contribution in [0.15, 0.2) is 89.8 Å². The van der Waals surface area contributed by atoms with E-state index in [0.717, 1.165) is 36.0 Å². The number of nitrogens with zero attached hydrogens (tertiary/aromatic N) is 2. The van der Waals surface area contributed by atoms with Gasteiger partial charge in [0.15, 0.2) is 0 Å². The van der Waals surface area contributed by atoms with Crippen molar-refractivity contribution in [3.05, 3.63) is 102 Å². The summed E-state index contributed by atoms with van der Waals surface area (Å²) in [6.45, 7) is 3.71. The monoisotopic (exact) mass is 547 g/mol. The van der Waals surface area contributed by atoms with Gasteiger partial charge in [-0.3, -0.25) is 9.59 Å². The SMILES string of the molecule is C[C@H](C(=O)NCCc1ccccc1)N(Cc1ccccc1)C(=O)CCc1ccc(S(=O)(=O)N2CCCC2)cc1. The standard InChI is InChI=1S/C31H37N3O4S/c1-25(31(36)32-21-20-26-10-4-2-5-11-26)34(24-28-12-6-3-7-13-28)30(35)19-16-27-14-17-29(18-15-27)39(37,38)33-22-8-9-23-33/h2-7,10-15,17-18,25H,8-9,16,19-24H2,1H3,(H,32,36)/t25-/m1/s1. The Kier molecular flexibility index (Phi) is 9.90. The number of amides is 2. The van der Waals surface area contributed by atoms with Gasteiger partial charge < -0.3 is 10.2 Å². The van der Waals surface area contributed by atoms with Gasteiger partial charge in [0.1, 0.15) is 6.04 Å². The van der Waals surface area contributed by atoms with Crippen LogP contribution >= 0.6 is 0 Å². The van der Waals surface area contributed by atoms with E-state index in [1.807, 2.05) is 60.7 Å². The minimum atomic E-state index is -3.47. The summed E-state index contributed by atoms with van der Waals surface area (Å²) in [6, 6.07) is 25.8. The van der Waals surface area contributed by atoms with E-state index in [1.165, 1.54) is 4.31 Å². The average molecular weight is 548 g/mol. The van der Waals surface area contributed by atoms with E-state index >= 15 is 0 Å². The Balaban J connectivity index is 1.38. The lowest BCUT2D eigenvalue weighted by Gasteiger charge is -2.29. The Morgan fingerprint density at radius 2 is 1.38 bits per heavy atom. The van der Waals surface area contributed by atoms with E-state index in [1.54, 1.807) is 36.1 Å². The Morgan fingerprint density at radius 3 is 2.00 bits per heavy atom. The molecule has 0 bridgehead atoms. The fraction of sp³-hybridized carbons (Fsp3) is 0.355. The lowest BCUT2D eigenvalue weighted by molar-refractivity contribution is -0.140. The topological polar surface area (TPSA) is 86.8 Å². The van der Waals surface area contributed by atoms with Crippen molar-refractivity contribution in [3.8, 4) is 0 Å². The highest BCUT2D eigenvalue weighted by atomic mass is 32.2. The molecule has 3 aromatic carbocycles. The van der Waals surface area contributed by atoms with Crippen LogP contribution in [0.4, 0.5) is 0 Å². The number of aryl methyl sites for hydroxylation is 1. The molecule has 1 atom stereocenters. The molecule has 206 valence electrons. The first-order valence-corrected chi connectivity index (χ1v) is 15.0. The van der Waals surface area contributed by atoms with Crippen LogP contribution in [0, 0.1) is 0 Å². The van der Waals surface area contributed by atoms with Crippen LogP contribution < -0.4 is 5.32 Å².